The monoisotopic (exact) mass is 156 g/mol. The van der Waals surface area contributed by atoms with Gasteiger partial charge in [-0.2, -0.15) is 0 Å². The average molecular weight is 156 g/mol. The highest BCUT2D eigenvalue weighted by atomic mass is 16.5. The highest BCUT2D eigenvalue weighted by Crippen LogP contribution is 2.55. The Morgan fingerprint density at radius 2 is 2.18 bits per heavy atom. The second kappa shape index (κ2) is 2.21. The Morgan fingerprint density at radius 1 is 1.45 bits per heavy atom. The van der Waals surface area contributed by atoms with Crippen LogP contribution in [0.1, 0.15) is 12.8 Å². The van der Waals surface area contributed by atoms with E-state index >= 15 is 0 Å². The van der Waals surface area contributed by atoms with Crippen molar-refractivity contribution in [3.63, 3.8) is 0 Å². The van der Waals surface area contributed by atoms with Crippen LogP contribution in [0.5, 0.6) is 0 Å². The second-order valence-corrected chi connectivity index (χ2v) is 3.50. The molecule has 0 unspecified atom stereocenters. The third-order valence-electron chi connectivity index (χ3n) is 2.90. The fourth-order valence-electron chi connectivity index (χ4n) is 2.17. The maximum Gasteiger partial charge on any atom is 0.309 e. The van der Waals surface area contributed by atoms with E-state index in [1.165, 1.54) is 7.11 Å². The van der Waals surface area contributed by atoms with E-state index in [0.29, 0.717) is 18.3 Å². The lowest BCUT2D eigenvalue weighted by molar-refractivity contribution is -0.146. The number of esters is 1. The van der Waals surface area contributed by atoms with Crippen LogP contribution >= 0.6 is 0 Å². The molecular formula is C8H12O3. The van der Waals surface area contributed by atoms with Gasteiger partial charge in [-0.25, -0.2) is 0 Å². The first kappa shape index (κ1) is 7.10. The van der Waals surface area contributed by atoms with Crippen molar-refractivity contribution >= 4 is 5.97 Å². The van der Waals surface area contributed by atoms with E-state index in [-0.39, 0.29) is 18.0 Å². The van der Waals surface area contributed by atoms with Gasteiger partial charge >= 0.3 is 5.97 Å². The summed E-state index contributed by atoms with van der Waals surface area (Å²) in [4.78, 5) is 11.1. The molecule has 2 rings (SSSR count). The number of carbonyl (C=O) groups excluding carboxylic acids is 1. The van der Waals surface area contributed by atoms with Crippen LogP contribution < -0.4 is 0 Å². The topological polar surface area (TPSA) is 46.5 Å². The van der Waals surface area contributed by atoms with Gasteiger partial charge in [-0.05, 0) is 24.7 Å². The summed E-state index contributed by atoms with van der Waals surface area (Å²) in [6.45, 7) is 0. The van der Waals surface area contributed by atoms with Crippen molar-refractivity contribution in [2.45, 2.75) is 18.9 Å². The Morgan fingerprint density at radius 3 is 2.55 bits per heavy atom. The SMILES string of the molecule is COC(=O)[C@H]1C[C@@H](O)[C@H]2C[C@H]21. The molecule has 0 heterocycles. The molecule has 0 aromatic heterocycles. The zero-order valence-corrected chi connectivity index (χ0v) is 6.49. The Labute approximate surface area is 65.4 Å². The third-order valence-corrected chi connectivity index (χ3v) is 2.90. The first-order valence-electron chi connectivity index (χ1n) is 4.00. The number of carbonyl (C=O) groups is 1. The second-order valence-electron chi connectivity index (χ2n) is 3.50. The molecule has 4 atom stereocenters. The van der Waals surface area contributed by atoms with E-state index in [9.17, 15) is 9.90 Å². The average Bonchev–Trinajstić information content (AvgIpc) is 2.72. The summed E-state index contributed by atoms with van der Waals surface area (Å²) in [6, 6.07) is 0. The number of hydrogen-bond acceptors (Lipinski definition) is 3. The number of ether oxygens (including phenoxy) is 1. The molecule has 0 aromatic carbocycles. The molecule has 1 N–H and O–H groups in total. The van der Waals surface area contributed by atoms with Gasteiger partial charge in [-0.15, -0.1) is 0 Å². The van der Waals surface area contributed by atoms with Crippen molar-refractivity contribution in [2.75, 3.05) is 7.11 Å². The van der Waals surface area contributed by atoms with E-state index in [4.69, 9.17) is 0 Å². The number of aliphatic hydroxyl groups excluding tert-OH is 1. The minimum absolute atomic E-state index is 0.0139. The standard InChI is InChI=1S/C8H12O3/c1-11-8(10)6-3-7(9)5-2-4(5)6/h4-7,9H,2-3H2,1H3/t4-,5+,6+,7-/m1/s1. The lowest BCUT2D eigenvalue weighted by atomic mass is 10.0. The summed E-state index contributed by atoms with van der Waals surface area (Å²) >= 11 is 0. The fourth-order valence-corrected chi connectivity index (χ4v) is 2.17. The van der Waals surface area contributed by atoms with Crippen LogP contribution in [-0.4, -0.2) is 24.3 Å². The number of fused-ring (bicyclic) bond motifs is 1. The van der Waals surface area contributed by atoms with Crippen molar-refractivity contribution in [3.05, 3.63) is 0 Å². The van der Waals surface area contributed by atoms with Gasteiger partial charge in [0.05, 0.1) is 19.1 Å². The van der Waals surface area contributed by atoms with Crippen LogP contribution in [0, 0.1) is 17.8 Å². The predicted molar refractivity (Wildman–Crippen MR) is 37.7 cm³/mol. The van der Waals surface area contributed by atoms with Crippen molar-refractivity contribution in [1.82, 2.24) is 0 Å². The number of methoxy groups -OCH3 is 1. The van der Waals surface area contributed by atoms with Crippen molar-refractivity contribution in [3.8, 4) is 0 Å². The summed E-state index contributed by atoms with van der Waals surface area (Å²) in [5.74, 6) is 0.672. The van der Waals surface area contributed by atoms with Crippen LogP contribution in [0.4, 0.5) is 0 Å². The van der Waals surface area contributed by atoms with Gasteiger partial charge in [0, 0.05) is 0 Å². The van der Waals surface area contributed by atoms with Crippen molar-refractivity contribution in [2.24, 2.45) is 17.8 Å². The normalized spacial score (nSPS) is 46.7. The molecule has 0 amide bonds. The van der Waals surface area contributed by atoms with E-state index in [2.05, 4.69) is 4.74 Å². The summed E-state index contributed by atoms with van der Waals surface area (Å²) in [5.41, 5.74) is 0. The van der Waals surface area contributed by atoms with Crippen LogP contribution in [-0.2, 0) is 9.53 Å². The summed E-state index contributed by atoms with van der Waals surface area (Å²) in [5, 5.41) is 9.35. The van der Waals surface area contributed by atoms with Crippen LogP contribution in [0.3, 0.4) is 0 Å². The predicted octanol–water partition coefficient (Wildman–Crippen LogP) is 0.176. The van der Waals surface area contributed by atoms with Gasteiger partial charge in [0.1, 0.15) is 0 Å². The minimum atomic E-state index is -0.246. The molecule has 62 valence electrons. The minimum Gasteiger partial charge on any atom is -0.469 e. The summed E-state index contributed by atoms with van der Waals surface area (Å²) in [7, 11) is 1.41. The van der Waals surface area contributed by atoms with Crippen LogP contribution in [0.2, 0.25) is 0 Å². The van der Waals surface area contributed by atoms with Crippen molar-refractivity contribution in [1.29, 1.82) is 0 Å². The van der Waals surface area contributed by atoms with Crippen LogP contribution in [0.25, 0.3) is 0 Å². The molecule has 0 saturated heterocycles. The smallest absolute Gasteiger partial charge is 0.309 e. The largest absolute Gasteiger partial charge is 0.469 e. The zero-order valence-electron chi connectivity index (χ0n) is 6.49. The van der Waals surface area contributed by atoms with E-state index < -0.39 is 0 Å². The van der Waals surface area contributed by atoms with Gasteiger partial charge in [-0.1, -0.05) is 0 Å². The molecule has 2 saturated carbocycles. The molecule has 0 bridgehead atoms. The molecule has 3 nitrogen and oxygen atoms in total. The van der Waals surface area contributed by atoms with Gasteiger partial charge in [0.2, 0.25) is 0 Å². The Balaban J connectivity index is 2.02. The number of hydrogen-bond donors (Lipinski definition) is 1. The van der Waals surface area contributed by atoms with Gasteiger partial charge in [0.25, 0.3) is 0 Å². The fraction of sp³-hybridized carbons (Fsp3) is 0.875. The Bertz CT molecular complexity index is 190. The summed E-state index contributed by atoms with van der Waals surface area (Å²) < 4.78 is 4.63. The number of aliphatic hydroxyl groups is 1. The molecule has 2 aliphatic rings. The molecule has 2 fully saturated rings. The zero-order chi connectivity index (χ0) is 8.01. The van der Waals surface area contributed by atoms with Gasteiger partial charge < -0.3 is 9.84 Å². The quantitative estimate of drug-likeness (QED) is 0.551. The molecule has 3 heteroatoms. The highest BCUT2D eigenvalue weighted by molar-refractivity contribution is 5.73. The molecule has 0 aromatic rings. The lowest BCUT2D eigenvalue weighted by Gasteiger charge is -2.09. The summed E-state index contributed by atoms with van der Waals surface area (Å²) in [6.07, 6.45) is 1.38. The number of rotatable bonds is 1. The van der Waals surface area contributed by atoms with E-state index in [1.807, 2.05) is 0 Å². The van der Waals surface area contributed by atoms with E-state index in [1.54, 1.807) is 0 Å². The van der Waals surface area contributed by atoms with Gasteiger partial charge in [0.15, 0.2) is 0 Å². The first-order chi connectivity index (χ1) is 5.24. The van der Waals surface area contributed by atoms with Crippen LogP contribution in [0.15, 0.2) is 0 Å². The van der Waals surface area contributed by atoms with Crippen molar-refractivity contribution < 1.29 is 14.6 Å². The Kier molecular flexibility index (Phi) is 1.42. The molecule has 0 aliphatic heterocycles. The maximum absolute atomic E-state index is 11.1. The molecule has 0 spiro atoms. The maximum atomic E-state index is 11.1. The lowest BCUT2D eigenvalue weighted by Crippen LogP contribution is -2.18. The van der Waals surface area contributed by atoms with E-state index in [0.717, 1.165) is 6.42 Å². The highest BCUT2D eigenvalue weighted by Gasteiger charge is 2.56. The third kappa shape index (κ3) is 0.948. The molecule has 11 heavy (non-hydrogen) atoms. The Hall–Kier alpha value is -0.570. The molecular weight excluding hydrogens is 144 g/mol. The first-order valence-corrected chi connectivity index (χ1v) is 4.00. The molecule has 2 aliphatic carbocycles. The molecule has 0 radical (unpaired) electrons. The van der Waals surface area contributed by atoms with Gasteiger partial charge in [-0.3, -0.25) is 4.79 Å².